The van der Waals surface area contributed by atoms with E-state index in [-0.39, 0.29) is 0 Å². The van der Waals surface area contributed by atoms with Gasteiger partial charge in [0.1, 0.15) is 5.75 Å². The van der Waals surface area contributed by atoms with Crippen molar-refractivity contribution in [2.24, 2.45) is 0 Å². The van der Waals surface area contributed by atoms with Gasteiger partial charge in [-0.2, -0.15) is 0 Å². The number of para-hydroxylation sites is 2. The first-order valence-corrected chi connectivity index (χ1v) is 9.17. The summed E-state index contributed by atoms with van der Waals surface area (Å²) in [5.74, 6) is 1.02. The van der Waals surface area contributed by atoms with E-state index in [1.807, 2.05) is 0 Å². The summed E-state index contributed by atoms with van der Waals surface area (Å²) in [7, 11) is 2.28. The largest absolute Gasteiger partial charge is 0.492 e. The van der Waals surface area contributed by atoms with Crippen molar-refractivity contribution in [1.29, 1.82) is 0 Å². The maximum atomic E-state index is 5.78. The summed E-state index contributed by atoms with van der Waals surface area (Å²) in [6, 6.07) is 9.25. The van der Waals surface area contributed by atoms with Gasteiger partial charge in [-0.15, -0.1) is 0 Å². The molecule has 3 rings (SSSR count). The number of anilines is 1. The number of ether oxygens (including phenoxy) is 1. The van der Waals surface area contributed by atoms with Gasteiger partial charge in [-0.25, -0.2) is 0 Å². The van der Waals surface area contributed by atoms with E-state index in [4.69, 9.17) is 4.74 Å². The molecule has 2 fully saturated rings. The third-order valence-corrected chi connectivity index (χ3v) is 5.33. The molecule has 4 heteroatoms. The first kappa shape index (κ1) is 16.6. The van der Waals surface area contributed by atoms with Crippen LogP contribution in [-0.4, -0.2) is 68.8 Å². The molecule has 128 valence electrons. The third-order valence-electron chi connectivity index (χ3n) is 5.33. The lowest BCUT2D eigenvalue weighted by molar-refractivity contribution is 0.214. The topological polar surface area (TPSA) is 19.0 Å². The fourth-order valence-electron chi connectivity index (χ4n) is 3.88. The Labute approximate surface area is 141 Å². The highest BCUT2D eigenvalue weighted by molar-refractivity contribution is 5.58. The van der Waals surface area contributed by atoms with E-state index in [2.05, 4.69) is 52.9 Å². The zero-order chi connectivity index (χ0) is 16.1. The van der Waals surface area contributed by atoms with Gasteiger partial charge in [0.15, 0.2) is 0 Å². The standard InChI is InChI=1S/C19H31N3O/c1-3-23-19-9-5-4-8-18(19)22-15-13-21(14-16-22)12-10-17-7-6-11-20(17)2/h4-5,8-9,17H,3,6-7,10-16H2,1-2H3/t17-/m1/s1. The molecule has 2 saturated heterocycles. The van der Waals surface area contributed by atoms with Gasteiger partial charge in [-0.1, -0.05) is 12.1 Å². The first-order chi connectivity index (χ1) is 11.3. The number of likely N-dealkylation sites (tertiary alicyclic amines) is 1. The Morgan fingerprint density at radius 1 is 1.09 bits per heavy atom. The molecule has 1 aromatic carbocycles. The van der Waals surface area contributed by atoms with Crippen LogP contribution in [0.15, 0.2) is 24.3 Å². The summed E-state index contributed by atoms with van der Waals surface area (Å²) in [6.07, 6.45) is 4.09. The molecule has 23 heavy (non-hydrogen) atoms. The lowest BCUT2D eigenvalue weighted by Gasteiger charge is -2.37. The van der Waals surface area contributed by atoms with Gasteiger partial charge in [0.05, 0.1) is 12.3 Å². The lowest BCUT2D eigenvalue weighted by atomic mass is 10.1. The predicted octanol–water partition coefficient (Wildman–Crippen LogP) is 2.69. The van der Waals surface area contributed by atoms with Crippen LogP contribution in [0.4, 0.5) is 5.69 Å². The van der Waals surface area contributed by atoms with Crippen molar-refractivity contribution in [2.45, 2.75) is 32.2 Å². The van der Waals surface area contributed by atoms with Gasteiger partial charge in [0.2, 0.25) is 0 Å². The second kappa shape index (κ2) is 8.02. The van der Waals surface area contributed by atoms with E-state index < -0.39 is 0 Å². The maximum absolute atomic E-state index is 5.78. The lowest BCUT2D eigenvalue weighted by Crippen LogP contribution is -2.47. The Balaban J connectivity index is 1.48. The highest BCUT2D eigenvalue weighted by Gasteiger charge is 2.23. The molecule has 0 N–H and O–H groups in total. The molecule has 2 heterocycles. The summed E-state index contributed by atoms with van der Waals surface area (Å²) < 4.78 is 5.78. The van der Waals surface area contributed by atoms with E-state index >= 15 is 0 Å². The molecule has 1 aromatic rings. The average Bonchev–Trinajstić information content (AvgIpc) is 2.99. The molecule has 2 aliphatic rings. The van der Waals surface area contributed by atoms with E-state index in [9.17, 15) is 0 Å². The minimum Gasteiger partial charge on any atom is -0.492 e. The minimum atomic E-state index is 0.728. The Morgan fingerprint density at radius 2 is 1.87 bits per heavy atom. The third kappa shape index (κ3) is 4.18. The highest BCUT2D eigenvalue weighted by Crippen LogP contribution is 2.29. The first-order valence-electron chi connectivity index (χ1n) is 9.17. The monoisotopic (exact) mass is 317 g/mol. The highest BCUT2D eigenvalue weighted by atomic mass is 16.5. The Bertz CT molecular complexity index is 485. The van der Waals surface area contributed by atoms with Gasteiger partial charge in [-0.3, -0.25) is 4.90 Å². The van der Waals surface area contributed by atoms with Crippen LogP contribution in [0.1, 0.15) is 26.2 Å². The van der Waals surface area contributed by atoms with Gasteiger partial charge in [-0.05, 0) is 58.5 Å². The summed E-state index contributed by atoms with van der Waals surface area (Å²) >= 11 is 0. The van der Waals surface area contributed by atoms with Crippen LogP contribution in [0.3, 0.4) is 0 Å². The van der Waals surface area contributed by atoms with Crippen LogP contribution in [0.5, 0.6) is 5.75 Å². The quantitative estimate of drug-likeness (QED) is 0.803. The summed E-state index contributed by atoms with van der Waals surface area (Å²) in [5, 5.41) is 0. The van der Waals surface area contributed by atoms with Crippen LogP contribution >= 0.6 is 0 Å². The molecule has 0 aromatic heterocycles. The molecule has 0 radical (unpaired) electrons. The SMILES string of the molecule is CCOc1ccccc1N1CCN(CC[C@H]2CCCN2C)CC1. The van der Waals surface area contributed by atoms with Crippen molar-refractivity contribution in [3.8, 4) is 5.75 Å². The fourth-order valence-corrected chi connectivity index (χ4v) is 3.88. The normalized spacial score (nSPS) is 23.4. The number of benzene rings is 1. The van der Waals surface area contributed by atoms with Gasteiger partial charge < -0.3 is 14.5 Å². The number of hydrogen-bond acceptors (Lipinski definition) is 4. The van der Waals surface area contributed by atoms with Gasteiger partial charge in [0.25, 0.3) is 0 Å². The van der Waals surface area contributed by atoms with E-state index in [1.54, 1.807) is 0 Å². The summed E-state index contributed by atoms with van der Waals surface area (Å²) in [6.45, 7) is 9.84. The number of nitrogens with zero attached hydrogens (tertiary/aromatic N) is 3. The summed E-state index contributed by atoms with van der Waals surface area (Å²) in [5.41, 5.74) is 1.25. The van der Waals surface area contributed by atoms with Crippen molar-refractivity contribution in [3.05, 3.63) is 24.3 Å². The molecule has 2 aliphatic heterocycles. The van der Waals surface area contributed by atoms with Crippen molar-refractivity contribution >= 4 is 5.69 Å². The van der Waals surface area contributed by atoms with E-state index in [0.717, 1.165) is 44.6 Å². The molecule has 0 saturated carbocycles. The Kier molecular flexibility index (Phi) is 5.79. The van der Waals surface area contributed by atoms with Crippen molar-refractivity contribution in [2.75, 3.05) is 57.8 Å². The zero-order valence-electron chi connectivity index (χ0n) is 14.7. The second-order valence-electron chi connectivity index (χ2n) is 6.79. The number of hydrogen-bond donors (Lipinski definition) is 0. The smallest absolute Gasteiger partial charge is 0.142 e. The molecule has 0 spiro atoms. The van der Waals surface area contributed by atoms with Crippen LogP contribution in [0, 0.1) is 0 Å². The van der Waals surface area contributed by atoms with Crippen LogP contribution in [0.25, 0.3) is 0 Å². The molecule has 0 bridgehead atoms. The van der Waals surface area contributed by atoms with Gasteiger partial charge in [0, 0.05) is 32.2 Å². The molecule has 0 amide bonds. The summed E-state index contributed by atoms with van der Waals surface area (Å²) in [4.78, 5) is 7.64. The molecule has 0 unspecified atom stereocenters. The predicted molar refractivity (Wildman–Crippen MR) is 96.5 cm³/mol. The molecular formula is C19H31N3O. The fraction of sp³-hybridized carbons (Fsp3) is 0.684. The van der Waals surface area contributed by atoms with Crippen LogP contribution in [0.2, 0.25) is 0 Å². The maximum Gasteiger partial charge on any atom is 0.142 e. The Hall–Kier alpha value is -1.26. The van der Waals surface area contributed by atoms with E-state index in [1.165, 1.54) is 38.0 Å². The number of piperazine rings is 1. The molecule has 0 aliphatic carbocycles. The van der Waals surface area contributed by atoms with Gasteiger partial charge >= 0.3 is 0 Å². The van der Waals surface area contributed by atoms with Crippen molar-refractivity contribution < 1.29 is 4.74 Å². The van der Waals surface area contributed by atoms with Crippen molar-refractivity contribution in [1.82, 2.24) is 9.80 Å². The average molecular weight is 317 g/mol. The van der Waals surface area contributed by atoms with E-state index in [0.29, 0.717) is 0 Å². The zero-order valence-corrected chi connectivity index (χ0v) is 14.7. The number of rotatable bonds is 6. The Morgan fingerprint density at radius 3 is 2.57 bits per heavy atom. The second-order valence-corrected chi connectivity index (χ2v) is 6.79. The molecule has 1 atom stereocenters. The van der Waals surface area contributed by atoms with Crippen LogP contribution < -0.4 is 9.64 Å². The minimum absolute atomic E-state index is 0.728. The molecular weight excluding hydrogens is 286 g/mol. The van der Waals surface area contributed by atoms with Crippen molar-refractivity contribution in [3.63, 3.8) is 0 Å². The molecule has 4 nitrogen and oxygen atoms in total. The van der Waals surface area contributed by atoms with Crippen LogP contribution in [-0.2, 0) is 0 Å².